The Morgan fingerprint density at radius 3 is 2.67 bits per heavy atom. The van der Waals surface area contributed by atoms with Gasteiger partial charge in [-0.1, -0.05) is 36.4 Å². The number of fused-ring (bicyclic) bond motifs is 1. The van der Waals surface area contributed by atoms with E-state index in [1.807, 2.05) is 0 Å². The van der Waals surface area contributed by atoms with Crippen LogP contribution in [0.25, 0.3) is 12.2 Å². The molecular formula is C18H14FNO4. The molecule has 0 saturated heterocycles. The van der Waals surface area contributed by atoms with Gasteiger partial charge in [-0.2, -0.15) is 0 Å². The van der Waals surface area contributed by atoms with Crippen molar-refractivity contribution in [2.24, 2.45) is 0 Å². The van der Waals surface area contributed by atoms with Crippen molar-refractivity contribution < 1.29 is 23.8 Å². The zero-order valence-electron chi connectivity index (χ0n) is 12.6. The minimum absolute atomic E-state index is 0.107. The Morgan fingerprint density at radius 1 is 1.21 bits per heavy atom. The summed E-state index contributed by atoms with van der Waals surface area (Å²) in [6, 6.07) is 11.2. The molecule has 6 heteroatoms. The highest BCUT2D eigenvalue weighted by molar-refractivity contribution is 5.90. The Balaban J connectivity index is 1.94. The van der Waals surface area contributed by atoms with Crippen LogP contribution in [-0.4, -0.2) is 30.1 Å². The quantitative estimate of drug-likeness (QED) is 0.531. The minimum Gasteiger partial charge on any atom is -0.480 e. The number of nitrogens with zero attached hydrogens (tertiary/aromatic N) is 1. The average molecular weight is 327 g/mol. The summed E-state index contributed by atoms with van der Waals surface area (Å²) in [6.07, 6.45) is 3.50. The summed E-state index contributed by atoms with van der Waals surface area (Å²) >= 11 is 0. The van der Waals surface area contributed by atoms with Gasteiger partial charge in [-0.15, -0.1) is 0 Å². The van der Waals surface area contributed by atoms with Crippen molar-refractivity contribution in [2.45, 2.75) is 0 Å². The van der Waals surface area contributed by atoms with Crippen molar-refractivity contribution in [3.63, 3.8) is 0 Å². The van der Waals surface area contributed by atoms with E-state index in [1.54, 1.807) is 42.5 Å². The number of benzene rings is 2. The first-order valence-corrected chi connectivity index (χ1v) is 7.27. The van der Waals surface area contributed by atoms with E-state index >= 15 is 0 Å². The van der Waals surface area contributed by atoms with Gasteiger partial charge < -0.3 is 14.7 Å². The molecule has 0 bridgehead atoms. The van der Waals surface area contributed by atoms with Crippen molar-refractivity contribution in [2.75, 3.05) is 18.0 Å². The largest absolute Gasteiger partial charge is 0.480 e. The summed E-state index contributed by atoms with van der Waals surface area (Å²) in [7, 11) is 0. The molecule has 0 amide bonds. The summed E-state index contributed by atoms with van der Waals surface area (Å²) in [5, 5.41) is 8.98. The molecule has 3 rings (SSSR count). The molecule has 1 aliphatic rings. The maximum absolute atomic E-state index is 12.9. The zero-order valence-corrected chi connectivity index (χ0v) is 12.6. The molecule has 0 aliphatic carbocycles. The van der Waals surface area contributed by atoms with E-state index in [-0.39, 0.29) is 18.9 Å². The summed E-state index contributed by atoms with van der Waals surface area (Å²) in [4.78, 5) is 24.2. The van der Waals surface area contributed by atoms with Gasteiger partial charge >= 0.3 is 11.9 Å². The van der Waals surface area contributed by atoms with E-state index < -0.39 is 11.9 Å². The predicted molar refractivity (Wildman–Crippen MR) is 87.3 cm³/mol. The van der Waals surface area contributed by atoms with Crippen LogP contribution in [0.5, 0.6) is 5.75 Å². The normalized spacial score (nSPS) is 13.7. The summed E-state index contributed by atoms with van der Waals surface area (Å²) in [5.74, 6) is -1.52. The Hall–Kier alpha value is -3.15. The molecular weight excluding hydrogens is 313 g/mol. The van der Waals surface area contributed by atoms with Gasteiger partial charge in [0.25, 0.3) is 0 Å². The van der Waals surface area contributed by atoms with Gasteiger partial charge in [-0.3, -0.25) is 4.79 Å². The second-order valence-corrected chi connectivity index (χ2v) is 5.30. The third-order valence-electron chi connectivity index (χ3n) is 3.55. The van der Waals surface area contributed by atoms with E-state index in [2.05, 4.69) is 0 Å². The lowest BCUT2D eigenvalue weighted by Gasteiger charge is -2.29. The number of carbonyl (C=O) groups is 2. The lowest BCUT2D eigenvalue weighted by molar-refractivity contribution is -0.136. The number of hydrogen-bond acceptors (Lipinski definition) is 4. The van der Waals surface area contributed by atoms with E-state index in [0.717, 1.165) is 5.56 Å². The number of ether oxygens (including phenoxy) is 1. The Morgan fingerprint density at radius 2 is 1.96 bits per heavy atom. The molecule has 0 radical (unpaired) electrons. The van der Waals surface area contributed by atoms with E-state index in [9.17, 15) is 14.0 Å². The predicted octanol–water partition coefficient (Wildman–Crippen LogP) is 2.81. The number of esters is 1. The van der Waals surface area contributed by atoms with Gasteiger partial charge in [0.2, 0.25) is 0 Å². The molecule has 5 nitrogen and oxygen atoms in total. The van der Waals surface area contributed by atoms with Crippen LogP contribution in [0, 0.1) is 5.82 Å². The summed E-state index contributed by atoms with van der Waals surface area (Å²) in [6.45, 7) is -0.391. The SMILES string of the molecule is O=C(O)CN1CC(=O)Oc2c(/C=C/c3ccc(F)cc3)cccc21. The van der Waals surface area contributed by atoms with E-state index in [4.69, 9.17) is 9.84 Å². The van der Waals surface area contributed by atoms with Gasteiger partial charge in [-0.05, 0) is 23.8 Å². The molecule has 122 valence electrons. The topological polar surface area (TPSA) is 66.8 Å². The molecule has 0 aromatic heterocycles. The van der Waals surface area contributed by atoms with Gasteiger partial charge in [0.15, 0.2) is 5.75 Å². The lowest BCUT2D eigenvalue weighted by Crippen LogP contribution is -2.40. The molecule has 0 atom stereocenters. The fraction of sp³-hybridized carbons (Fsp3) is 0.111. The van der Waals surface area contributed by atoms with Crippen molar-refractivity contribution in [1.82, 2.24) is 0 Å². The van der Waals surface area contributed by atoms with Crippen LogP contribution in [-0.2, 0) is 9.59 Å². The first-order chi connectivity index (χ1) is 11.5. The number of aliphatic carboxylic acids is 1. The van der Waals surface area contributed by atoms with Gasteiger partial charge in [0, 0.05) is 5.56 Å². The molecule has 0 fully saturated rings. The fourth-order valence-corrected chi connectivity index (χ4v) is 2.49. The summed E-state index contributed by atoms with van der Waals surface area (Å²) in [5.41, 5.74) is 1.98. The van der Waals surface area contributed by atoms with Crippen molar-refractivity contribution in [1.29, 1.82) is 0 Å². The smallest absolute Gasteiger partial charge is 0.331 e. The van der Waals surface area contributed by atoms with E-state index in [0.29, 0.717) is 17.0 Å². The monoisotopic (exact) mass is 327 g/mol. The summed E-state index contributed by atoms with van der Waals surface area (Å²) < 4.78 is 18.2. The molecule has 0 spiro atoms. The average Bonchev–Trinajstić information content (AvgIpc) is 2.54. The highest BCUT2D eigenvalue weighted by atomic mass is 19.1. The fourth-order valence-electron chi connectivity index (χ4n) is 2.49. The molecule has 2 aromatic rings. The molecule has 24 heavy (non-hydrogen) atoms. The number of halogens is 1. The van der Waals surface area contributed by atoms with Gasteiger partial charge in [-0.25, -0.2) is 9.18 Å². The number of carboxylic acid groups (broad SMARTS) is 1. The third-order valence-corrected chi connectivity index (χ3v) is 3.55. The second-order valence-electron chi connectivity index (χ2n) is 5.30. The molecule has 2 aromatic carbocycles. The molecule has 1 aliphatic heterocycles. The Labute approximate surface area is 137 Å². The number of carbonyl (C=O) groups excluding carboxylic acids is 1. The van der Waals surface area contributed by atoms with Crippen molar-refractivity contribution in [3.05, 3.63) is 59.4 Å². The number of hydrogen-bond donors (Lipinski definition) is 1. The van der Waals surface area contributed by atoms with Crippen LogP contribution in [0.15, 0.2) is 42.5 Å². The number of carboxylic acids is 1. The van der Waals surface area contributed by atoms with Crippen molar-refractivity contribution in [3.8, 4) is 5.75 Å². The van der Waals surface area contributed by atoms with Gasteiger partial charge in [0.1, 0.15) is 18.9 Å². The Bertz CT molecular complexity index is 814. The highest BCUT2D eigenvalue weighted by Gasteiger charge is 2.26. The standard InChI is InChI=1S/C18H14FNO4/c19-14-8-5-12(6-9-14)4-7-13-2-1-3-15-18(13)24-17(23)11-20(15)10-16(21)22/h1-9H,10-11H2,(H,21,22)/b7-4+. The van der Waals surface area contributed by atoms with Crippen LogP contribution >= 0.6 is 0 Å². The zero-order chi connectivity index (χ0) is 17.1. The van der Waals surface area contributed by atoms with Crippen LogP contribution < -0.4 is 9.64 Å². The molecule has 0 saturated carbocycles. The minimum atomic E-state index is -1.03. The highest BCUT2D eigenvalue weighted by Crippen LogP contribution is 2.36. The van der Waals surface area contributed by atoms with E-state index in [1.165, 1.54) is 17.0 Å². The molecule has 0 unspecified atom stereocenters. The number of anilines is 1. The molecule has 1 N–H and O–H groups in total. The Kier molecular flexibility index (Phi) is 4.29. The van der Waals surface area contributed by atoms with Crippen LogP contribution in [0.3, 0.4) is 0 Å². The lowest BCUT2D eigenvalue weighted by atomic mass is 10.1. The van der Waals surface area contributed by atoms with Gasteiger partial charge in [0.05, 0.1) is 5.69 Å². The third kappa shape index (κ3) is 3.43. The first-order valence-electron chi connectivity index (χ1n) is 7.27. The first kappa shape index (κ1) is 15.7. The maximum atomic E-state index is 12.9. The van der Waals surface area contributed by atoms with Crippen LogP contribution in [0.4, 0.5) is 10.1 Å². The molecule has 1 heterocycles. The van der Waals surface area contributed by atoms with Crippen molar-refractivity contribution >= 4 is 29.8 Å². The van der Waals surface area contributed by atoms with Crippen LogP contribution in [0.2, 0.25) is 0 Å². The second kappa shape index (κ2) is 6.54. The number of rotatable bonds is 4. The maximum Gasteiger partial charge on any atom is 0.331 e. The van der Waals surface area contributed by atoms with Crippen LogP contribution in [0.1, 0.15) is 11.1 Å². The number of para-hydroxylation sites is 1.